The highest BCUT2D eigenvalue weighted by Crippen LogP contribution is 2.21. The summed E-state index contributed by atoms with van der Waals surface area (Å²) in [4.78, 5) is 28.5. The third kappa shape index (κ3) is 2.09. The number of carbonyl (C=O) groups is 2. The van der Waals surface area contributed by atoms with Crippen molar-refractivity contribution in [3.05, 3.63) is 22.4 Å². The van der Waals surface area contributed by atoms with Gasteiger partial charge in [-0.3, -0.25) is 9.59 Å². The number of nitrogens with one attached hydrogen (secondary N) is 2. The highest BCUT2D eigenvalue weighted by atomic mass is 79.9. The van der Waals surface area contributed by atoms with E-state index in [-0.39, 0.29) is 11.8 Å². The summed E-state index contributed by atoms with van der Waals surface area (Å²) in [5.41, 5.74) is -0.327. The van der Waals surface area contributed by atoms with E-state index < -0.39 is 5.54 Å². The van der Waals surface area contributed by atoms with Crippen molar-refractivity contribution in [1.82, 2.24) is 15.2 Å². The van der Waals surface area contributed by atoms with Gasteiger partial charge < -0.3 is 15.2 Å². The van der Waals surface area contributed by atoms with Crippen LogP contribution >= 0.6 is 15.9 Å². The molecule has 0 atom stereocenters. The van der Waals surface area contributed by atoms with E-state index in [4.69, 9.17) is 0 Å². The van der Waals surface area contributed by atoms with Crippen LogP contribution < -0.4 is 5.32 Å². The minimum atomic E-state index is -0.813. The number of halogens is 1. The van der Waals surface area contributed by atoms with Gasteiger partial charge in [-0.25, -0.2) is 0 Å². The molecule has 2 amide bonds. The highest BCUT2D eigenvalue weighted by Gasteiger charge is 2.40. The van der Waals surface area contributed by atoms with Crippen LogP contribution in [0, 0.1) is 0 Å². The summed E-state index contributed by atoms with van der Waals surface area (Å²) in [5.74, 6) is -0.279. The van der Waals surface area contributed by atoms with E-state index in [9.17, 15) is 9.59 Å². The zero-order chi connectivity index (χ0) is 12.6. The van der Waals surface area contributed by atoms with Crippen LogP contribution in [-0.2, 0) is 4.79 Å². The molecule has 5 nitrogen and oxygen atoms in total. The number of amides is 2. The van der Waals surface area contributed by atoms with Gasteiger partial charge in [0.15, 0.2) is 0 Å². The van der Waals surface area contributed by atoms with Gasteiger partial charge in [-0.2, -0.15) is 0 Å². The van der Waals surface area contributed by atoms with Crippen LogP contribution in [-0.4, -0.2) is 40.3 Å². The highest BCUT2D eigenvalue weighted by molar-refractivity contribution is 9.10. The molecular formula is C11H14BrN3O2. The lowest BCUT2D eigenvalue weighted by molar-refractivity contribution is -0.133. The van der Waals surface area contributed by atoms with Crippen molar-refractivity contribution in [3.63, 3.8) is 0 Å². The van der Waals surface area contributed by atoms with Gasteiger partial charge in [-0.15, -0.1) is 0 Å². The van der Waals surface area contributed by atoms with Crippen molar-refractivity contribution < 1.29 is 9.59 Å². The van der Waals surface area contributed by atoms with Gasteiger partial charge in [0, 0.05) is 23.8 Å². The molecule has 0 unspecified atom stereocenters. The zero-order valence-corrected chi connectivity index (χ0v) is 11.3. The van der Waals surface area contributed by atoms with Crippen molar-refractivity contribution >= 4 is 27.7 Å². The lowest BCUT2D eigenvalue weighted by Gasteiger charge is -2.40. The third-order valence-electron chi connectivity index (χ3n) is 2.97. The minimum absolute atomic E-state index is 0.122. The number of piperazine rings is 1. The van der Waals surface area contributed by atoms with Crippen LogP contribution in [0.5, 0.6) is 0 Å². The molecule has 1 aliphatic heterocycles. The van der Waals surface area contributed by atoms with Gasteiger partial charge >= 0.3 is 0 Å². The Balaban J connectivity index is 2.27. The Hall–Kier alpha value is -1.30. The van der Waals surface area contributed by atoms with Crippen molar-refractivity contribution in [1.29, 1.82) is 0 Å². The second-order valence-corrected chi connectivity index (χ2v) is 5.42. The molecule has 0 aromatic carbocycles. The summed E-state index contributed by atoms with van der Waals surface area (Å²) in [6.07, 6.45) is 1.70. The van der Waals surface area contributed by atoms with Crippen LogP contribution in [0.2, 0.25) is 0 Å². The van der Waals surface area contributed by atoms with E-state index >= 15 is 0 Å². The Bertz CT molecular complexity index is 467. The standard InChI is InChI=1S/C11H14BrN3O2/c1-11(2)10(17)13-3-4-15(11)9(16)8-5-7(12)6-14-8/h5-6,14H,3-4H2,1-2H3,(H,13,17). The number of aromatic amines is 1. The van der Waals surface area contributed by atoms with E-state index in [0.29, 0.717) is 18.8 Å². The predicted octanol–water partition coefficient (Wildman–Crippen LogP) is 1.13. The first kappa shape index (κ1) is 12.2. The van der Waals surface area contributed by atoms with Gasteiger partial charge in [0.2, 0.25) is 5.91 Å². The van der Waals surface area contributed by atoms with E-state index in [1.807, 2.05) is 0 Å². The van der Waals surface area contributed by atoms with E-state index in [0.717, 1.165) is 4.47 Å². The average Bonchev–Trinajstić information content (AvgIpc) is 2.68. The van der Waals surface area contributed by atoms with Crippen LogP contribution in [0.1, 0.15) is 24.3 Å². The minimum Gasteiger partial charge on any atom is -0.356 e. The maximum atomic E-state index is 12.3. The topological polar surface area (TPSA) is 65.2 Å². The molecule has 2 rings (SSSR count). The molecule has 1 aliphatic rings. The van der Waals surface area contributed by atoms with Crippen LogP contribution in [0.4, 0.5) is 0 Å². The molecule has 2 heterocycles. The van der Waals surface area contributed by atoms with Crippen molar-refractivity contribution in [3.8, 4) is 0 Å². The molecule has 1 aromatic rings. The monoisotopic (exact) mass is 299 g/mol. The van der Waals surface area contributed by atoms with Crippen LogP contribution in [0.25, 0.3) is 0 Å². The van der Waals surface area contributed by atoms with E-state index in [2.05, 4.69) is 26.2 Å². The summed E-state index contributed by atoms with van der Waals surface area (Å²) < 4.78 is 0.820. The summed E-state index contributed by atoms with van der Waals surface area (Å²) in [6, 6.07) is 1.71. The largest absolute Gasteiger partial charge is 0.356 e. The molecule has 0 saturated carbocycles. The molecule has 17 heavy (non-hydrogen) atoms. The molecule has 0 spiro atoms. The molecule has 0 bridgehead atoms. The summed E-state index contributed by atoms with van der Waals surface area (Å²) >= 11 is 3.28. The number of H-pyrrole nitrogens is 1. The maximum Gasteiger partial charge on any atom is 0.271 e. The van der Waals surface area contributed by atoms with Crippen molar-refractivity contribution in [2.24, 2.45) is 0 Å². The number of nitrogens with zero attached hydrogens (tertiary/aromatic N) is 1. The first-order valence-electron chi connectivity index (χ1n) is 5.37. The predicted molar refractivity (Wildman–Crippen MR) is 66.6 cm³/mol. The smallest absolute Gasteiger partial charge is 0.271 e. The Morgan fingerprint density at radius 1 is 1.53 bits per heavy atom. The summed E-state index contributed by atoms with van der Waals surface area (Å²) in [7, 11) is 0. The van der Waals surface area contributed by atoms with Gasteiger partial charge in [-0.1, -0.05) is 0 Å². The normalized spacial score (nSPS) is 19.0. The molecule has 92 valence electrons. The number of carbonyl (C=O) groups excluding carboxylic acids is 2. The second-order valence-electron chi connectivity index (χ2n) is 4.50. The molecule has 1 saturated heterocycles. The second kappa shape index (κ2) is 4.18. The van der Waals surface area contributed by atoms with Gasteiger partial charge in [0.05, 0.1) is 0 Å². The average molecular weight is 300 g/mol. The lowest BCUT2D eigenvalue weighted by Crippen LogP contribution is -2.63. The maximum absolute atomic E-state index is 12.3. The number of hydrogen-bond acceptors (Lipinski definition) is 2. The Morgan fingerprint density at radius 3 is 2.82 bits per heavy atom. The van der Waals surface area contributed by atoms with Gasteiger partial charge in [0.25, 0.3) is 5.91 Å². The quantitative estimate of drug-likeness (QED) is 0.816. The van der Waals surface area contributed by atoms with Crippen LogP contribution in [0.15, 0.2) is 16.7 Å². The van der Waals surface area contributed by atoms with Gasteiger partial charge in [-0.05, 0) is 35.8 Å². The van der Waals surface area contributed by atoms with E-state index in [1.54, 1.807) is 31.0 Å². The Labute approximate surface area is 108 Å². The van der Waals surface area contributed by atoms with Crippen LogP contribution in [0.3, 0.4) is 0 Å². The van der Waals surface area contributed by atoms with Crippen molar-refractivity contribution in [2.45, 2.75) is 19.4 Å². The fourth-order valence-corrected chi connectivity index (χ4v) is 2.24. The number of aromatic nitrogens is 1. The molecular weight excluding hydrogens is 286 g/mol. The Kier molecular flexibility index (Phi) is 2.99. The fraction of sp³-hybridized carbons (Fsp3) is 0.455. The molecule has 0 radical (unpaired) electrons. The summed E-state index contributed by atoms with van der Waals surface area (Å²) in [6.45, 7) is 4.51. The Morgan fingerprint density at radius 2 is 2.24 bits per heavy atom. The molecule has 0 aliphatic carbocycles. The number of hydrogen-bond donors (Lipinski definition) is 2. The lowest BCUT2D eigenvalue weighted by atomic mass is 9.98. The first-order valence-corrected chi connectivity index (χ1v) is 6.16. The molecule has 6 heteroatoms. The molecule has 1 fully saturated rings. The third-order valence-corrected chi connectivity index (χ3v) is 3.43. The van der Waals surface area contributed by atoms with Crippen molar-refractivity contribution in [2.75, 3.05) is 13.1 Å². The number of rotatable bonds is 1. The van der Waals surface area contributed by atoms with Gasteiger partial charge in [0.1, 0.15) is 11.2 Å². The molecule has 1 aromatic heterocycles. The fourth-order valence-electron chi connectivity index (χ4n) is 1.89. The summed E-state index contributed by atoms with van der Waals surface area (Å²) in [5, 5.41) is 2.76. The zero-order valence-electron chi connectivity index (χ0n) is 9.71. The van der Waals surface area contributed by atoms with E-state index in [1.165, 1.54) is 0 Å². The molecule has 2 N–H and O–H groups in total. The SMILES string of the molecule is CC1(C)C(=O)NCCN1C(=O)c1cc(Br)c[nH]1. The first-order chi connectivity index (χ1) is 7.93.